The molecule has 0 aliphatic carbocycles. The monoisotopic (exact) mass is 174 g/mol. The lowest BCUT2D eigenvalue weighted by molar-refractivity contribution is -0.276. The van der Waals surface area contributed by atoms with E-state index in [-0.39, 0.29) is 0 Å². The quantitative estimate of drug-likeness (QED) is 0.376. The average Bonchev–Trinajstić information content (AvgIpc) is 2.32. The molecule has 1 saturated heterocycles. The van der Waals surface area contributed by atoms with Gasteiger partial charge in [0.15, 0.2) is 4.93 Å². The standard InChI is InChI=1S/C8H14O2S/c1-6(2)7-4-5-11-8(7,3)10-9/h9H,4-5H2,1-3H3. The maximum Gasteiger partial charge on any atom is 0.167 e. The molecule has 0 aromatic rings. The molecule has 64 valence electrons. The molecule has 0 radical (unpaired) electrons. The van der Waals surface area contributed by atoms with Gasteiger partial charge in [-0.1, -0.05) is 5.57 Å². The summed E-state index contributed by atoms with van der Waals surface area (Å²) in [6, 6.07) is 0. The van der Waals surface area contributed by atoms with Crippen molar-refractivity contribution in [3.8, 4) is 0 Å². The van der Waals surface area contributed by atoms with Crippen molar-refractivity contribution < 1.29 is 10.1 Å². The van der Waals surface area contributed by atoms with Crippen molar-refractivity contribution in [1.29, 1.82) is 0 Å². The number of allylic oxidation sites excluding steroid dienone is 1. The molecule has 1 aliphatic heterocycles. The summed E-state index contributed by atoms with van der Waals surface area (Å²) in [7, 11) is 0. The van der Waals surface area contributed by atoms with Gasteiger partial charge in [-0.15, -0.1) is 11.8 Å². The minimum atomic E-state index is -0.473. The van der Waals surface area contributed by atoms with Gasteiger partial charge in [-0.05, 0) is 32.8 Å². The predicted molar refractivity (Wildman–Crippen MR) is 47.6 cm³/mol. The molecule has 1 fully saturated rings. The Hall–Kier alpha value is 0.01000. The molecule has 2 nitrogen and oxygen atoms in total. The molecule has 1 heterocycles. The van der Waals surface area contributed by atoms with Crippen LogP contribution < -0.4 is 0 Å². The Labute approximate surface area is 71.6 Å². The average molecular weight is 174 g/mol. The molecule has 0 bridgehead atoms. The number of thioether (sulfide) groups is 1. The van der Waals surface area contributed by atoms with Crippen LogP contribution in [0.25, 0.3) is 0 Å². The molecule has 0 amide bonds. The van der Waals surface area contributed by atoms with Crippen LogP contribution in [-0.4, -0.2) is 15.9 Å². The van der Waals surface area contributed by atoms with Crippen LogP contribution in [0.4, 0.5) is 0 Å². The number of hydrogen-bond acceptors (Lipinski definition) is 3. The van der Waals surface area contributed by atoms with Gasteiger partial charge in [0.05, 0.1) is 0 Å². The molecule has 0 spiro atoms. The summed E-state index contributed by atoms with van der Waals surface area (Å²) in [6.45, 7) is 6.02. The van der Waals surface area contributed by atoms with Gasteiger partial charge in [-0.3, -0.25) is 5.26 Å². The summed E-state index contributed by atoms with van der Waals surface area (Å²) < 4.78 is 0. The Bertz CT molecular complexity index is 185. The summed E-state index contributed by atoms with van der Waals surface area (Å²) in [4.78, 5) is 4.00. The van der Waals surface area contributed by atoms with Crippen molar-refractivity contribution >= 4 is 11.8 Å². The van der Waals surface area contributed by atoms with Crippen molar-refractivity contribution in [1.82, 2.24) is 0 Å². The highest BCUT2D eigenvalue weighted by molar-refractivity contribution is 8.01. The fourth-order valence-corrected chi connectivity index (χ4v) is 2.68. The van der Waals surface area contributed by atoms with Crippen LogP contribution in [0.2, 0.25) is 0 Å². The Morgan fingerprint density at radius 1 is 1.64 bits per heavy atom. The SMILES string of the molecule is CC(C)=C1CCSC1(C)OO. The zero-order valence-electron chi connectivity index (χ0n) is 7.18. The van der Waals surface area contributed by atoms with E-state index < -0.39 is 4.93 Å². The fraction of sp³-hybridized carbons (Fsp3) is 0.750. The molecular formula is C8H14O2S. The summed E-state index contributed by atoms with van der Waals surface area (Å²) in [5, 5.41) is 8.69. The maximum absolute atomic E-state index is 8.69. The van der Waals surface area contributed by atoms with Crippen molar-refractivity contribution in [3.63, 3.8) is 0 Å². The summed E-state index contributed by atoms with van der Waals surface area (Å²) >= 11 is 1.65. The van der Waals surface area contributed by atoms with Gasteiger partial charge in [0.1, 0.15) is 0 Å². The van der Waals surface area contributed by atoms with Crippen LogP contribution in [0.3, 0.4) is 0 Å². The van der Waals surface area contributed by atoms with Crippen molar-refractivity contribution in [2.24, 2.45) is 0 Å². The van der Waals surface area contributed by atoms with Crippen molar-refractivity contribution in [2.75, 3.05) is 5.75 Å². The third kappa shape index (κ3) is 1.60. The zero-order chi connectivity index (χ0) is 8.48. The van der Waals surface area contributed by atoms with Crippen LogP contribution >= 0.6 is 11.8 Å². The molecule has 1 atom stereocenters. The largest absolute Gasteiger partial charge is 0.250 e. The van der Waals surface area contributed by atoms with E-state index >= 15 is 0 Å². The summed E-state index contributed by atoms with van der Waals surface area (Å²) in [5.74, 6) is 1.04. The molecule has 1 aliphatic rings. The molecule has 11 heavy (non-hydrogen) atoms. The van der Waals surface area contributed by atoms with Gasteiger partial charge in [0, 0.05) is 5.75 Å². The Balaban J connectivity index is 2.90. The third-order valence-electron chi connectivity index (χ3n) is 2.06. The second kappa shape index (κ2) is 3.17. The van der Waals surface area contributed by atoms with Crippen LogP contribution in [0.5, 0.6) is 0 Å². The van der Waals surface area contributed by atoms with Gasteiger partial charge in [0.25, 0.3) is 0 Å². The topological polar surface area (TPSA) is 29.5 Å². The van der Waals surface area contributed by atoms with E-state index in [0.717, 1.165) is 12.2 Å². The van der Waals surface area contributed by atoms with Gasteiger partial charge in [0.2, 0.25) is 0 Å². The highest BCUT2D eigenvalue weighted by atomic mass is 32.2. The maximum atomic E-state index is 8.69. The van der Waals surface area contributed by atoms with E-state index in [1.54, 1.807) is 11.8 Å². The van der Waals surface area contributed by atoms with E-state index in [0.29, 0.717) is 0 Å². The summed E-state index contributed by atoms with van der Waals surface area (Å²) in [5.41, 5.74) is 2.48. The minimum absolute atomic E-state index is 0.473. The predicted octanol–water partition coefficient (Wildman–Crippen LogP) is 2.67. The van der Waals surface area contributed by atoms with Crippen molar-refractivity contribution in [2.45, 2.75) is 32.1 Å². The van der Waals surface area contributed by atoms with Gasteiger partial charge >= 0.3 is 0 Å². The molecule has 1 N–H and O–H groups in total. The third-order valence-corrected chi connectivity index (χ3v) is 3.34. The van der Waals surface area contributed by atoms with E-state index in [4.69, 9.17) is 5.26 Å². The lowest BCUT2D eigenvalue weighted by Crippen LogP contribution is -2.21. The van der Waals surface area contributed by atoms with Gasteiger partial charge in [-0.2, -0.15) is 0 Å². The molecule has 1 unspecified atom stereocenters. The Kier molecular flexibility index (Phi) is 2.62. The second-order valence-corrected chi connectivity index (χ2v) is 4.59. The highest BCUT2D eigenvalue weighted by Gasteiger charge is 2.36. The second-order valence-electron chi connectivity index (χ2n) is 3.11. The summed E-state index contributed by atoms with van der Waals surface area (Å²) in [6.07, 6.45) is 1.03. The lowest BCUT2D eigenvalue weighted by atomic mass is 10.0. The molecule has 3 heteroatoms. The molecular weight excluding hydrogens is 160 g/mol. The first-order valence-corrected chi connectivity index (χ1v) is 4.72. The van der Waals surface area contributed by atoms with E-state index in [1.807, 2.05) is 6.92 Å². The first kappa shape index (κ1) is 9.10. The van der Waals surface area contributed by atoms with E-state index in [9.17, 15) is 0 Å². The zero-order valence-corrected chi connectivity index (χ0v) is 7.99. The van der Waals surface area contributed by atoms with Crippen LogP contribution in [0.15, 0.2) is 11.1 Å². The smallest absolute Gasteiger partial charge is 0.167 e. The fourth-order valence-electron chi connectivity index (χ4n) is 1.45. The van der Waals surface area contributed by atoms with Gasteiger partial charge < -0.3 is 0 Å². The molecule has 0 aromatic heterocycles. The lowest BCUT2D eigenvalue weighted by Gasteiger charge is -2.21. The highest BCUT2D eigenvalue weighted by Crippen LogP contribution is 2.43. The molecule has 0 aromatic carbocycles. The van der Waals surface area contributed by atoms with E-state index in [1.165, 1.54) is 11.1 Å². The Morgan fingerprint density at radius 2 is 2.27 bits per heavy atom. The molecule has 1 rings (SSSR count). The number of hydrogen-bond donors (Lipinski definition) is 1. The molecule has 0 saturated carbocycles. The van der Waals surface area contributed by atoms with E-state index in [2.05, 4.69) is 18.7 Å². The van der Waals surface area contributed by atoms with Crippen LogP contribution in [-0.2, 0) is 4.89 Å². The van der Waals surface area contributed by atoms with Crippen LogP contribution in [0.1, 0.15) is 27.2 Å². The van der Waals surface area contributed by atoms with Crippen molar-refractivity contribution in [3.05, 3.63) is 11.1 Å². The Morgan fingerprint density at radius 3 is 2.64 bits per heavy atom. The minimum Gasteiger partial charge on any atom is -0.250 e. The van der Waals surface area contributed by atoms with Gasteiger partial charge in [-0.25, -0.2) is 4.89 Å². The number of rotatable bonds is 1. The first-order valence-electron chi connectivity index (χ1n) is 3.73. The normalized spacial score (nSPS) is 31.1. The van der Waals surface area contributed by atoms with Crippen LogP contribution in [0, 0.1) is 0 Å². The first-order chi connectivity index (χ1) is 5.10.